The molecule has 1 aliphatic heterocycles. The summed E-state index contributed by atoms with van der Waals surface area (Å²) < 4.78 is 5.77. The molecule has 0 aliphatic carbocycles. The molecule has 0 atom stereocenters. The van der Waals surface area contributed by atoms with Crippen LogP contribution in [0.5, 0.6) is 0 Å². The fourth-order valence-corrected chi connectivity index (χ4v) is 4.66. The van der Waals surface area contributed by atoms with E-state index in [1.807, 2.05) is 6.92 Å². The first-order chi connectivity index (χ1) is 13.6. The molecular weight excluding hydrogens is 346 g/mol. The van der Waals surface area contributed by atoms with Gasteiger partial charge in [-0.3, -0.25) is 0 Å². The number of hydrogen-bond acceptors (Lipinski definition) is 3. The summed E-state index contributed by atoms with van der Waals surface area (Å²) in [6, 6.07) is 13.3. The van der Waals surface area contributed by atoms with E-state index < -0.39 is 0 Å². The summed E-state index contributed by atoms with van der Waals surface area (Å²) in [4.78, 5) is 8.12. The van der Waals surface area contributed by atoms with Crippen LogP contribution in [-0.2, 0) is 0 Å². The summed E-state index contributed by atoms with van der Waals surface area (Å²) in [7, 11) is 0. The first-order valence-electron chi connectivity index (χ1n) is 10.3. The number of piperidine rings is 1. The second kappa shape index (κ2) is 6.78. The van der Waals surface area contributed by atoms with E-state index in [0.717, 1.165) is 29.8 Å². The predicted molar refractivity (Wildman–Crippen MR) is 115 cm³/mol. The fraction of sp³-hybridized carbons (Fsp3) is 0.375. The first kappa shape index (κ1) is 17.5. The number of aryl methyl sites for hydroxylation is 1. The van der Waals surface area contributed by atoms with Crippen LogP contribution in [0, 0.1) is 6.92 Å². The van der Waals surface area contributed by atoms with Crippen LogP contribution in [-0.4, -0.2) is 23.1 Å². The third-order valence-corrected chi connectivity index (χ3v) is 6.03. The maximum Gasteiger partial charge on any atom is 0.192 e. The van der Waals surface area contributed by atoms with Gasteiger partial charge in [0, 0.05) is 23.4 Å². The van der Waals surface area contributed by atoms with Crippen molar-refractivity contribution in [1.29, 1.82) is 0 Å². The van der Waals surface area contributed by atoms with E-state index >= 15 is 0 Å². The minimum absolute atomic E-state index is 0.430. The lowest BCUT2D eigenvalue weighted by Crippen LogP contribution is -2.26. The molecule has 1 aliphatic rings. The molecule has 0 amide bonds. The Balaban J connectivity index is 1.66. The second-order valence-corrected chi connectivity index (χ2v) is 8.31. The molecule has 4 heteroatoms. The van der Waals surface area contributed by atoms with Crippen LogP contribution in [0.2, 0.25) is 0 Å². The minimum Gasteiger partial charge on any atom is -0.441 e. The molecule has 4 aromatic rings. The maximum atomic E-state index is 5.77. The zero-order chi connectivity index (χ0) is 19.3. The summed E-state index contributed by atoms with van der Waals surface area (Å²) >= 11 is 0. The third kappa shape index (κ3) is 2.92. The van der Waals surface area contributed by atoms with Crippen molar-refractivity contribution >= 4 is 22.0 Å². The van der Waals surface area contributed by atoms with Gasteiger partial charge in [-0.1, -0.05) is 26.0 Å². The summed E-state index contributed by atoms with van der Waals surface area (Å²) in [6.45, 7) is 8.69. The highest BCUT2D eigenvalue weighted by molar-refractivity contribution is 5.93. The first-order valence-corrected chi connectivity index (χ1v) is 10.3. The number of benzene rings is 2. The van der Waals surface area contributed by atoms with Gasteiger partial charge in [0.2, 0.25) is 0 Å². The number of nitrogens with one attached hydrogen (secondary N) is 2. The normalized spacial score (nSPS) is 15.9. The molecule has 28 heavy (non-hydrogen) atoms. The number of nitrogens with zero attached hydrogens (tertiary/aromatic N) is 1. The van der Waals surface area contributed by atoms with Crippen molar-refractivity contribution in [3.8, 4) is 11.3 Å². The van der Waals surface area contributed by atoms with Crippen LogP contribution in [0.1, 0.15) is 55.5 Å². The van der Waals surface area contributed by atoms with Crippen LogP contribution in [0.25, 0.3) is 33.3 Å². The number of H-pyrrole nitrogens is 1. The summed E-state index contributed by atoms with van der Waals surface area (Å²) in [5.41, 5.74) is 8.19. The molecule has 5 rings (SSSR count). The predicted octanol–water partition coefficient (Wildman–Crippen LogP) is 5.87. The van der Waals surface area contributed by atoms with Crippen molar-refractivity contribution in [2.45, 2.75) is 45.4 Å². The van der Waals surface area contributed by atoms with E-state index in [0.29, 0.717) is 17.7 Å². The molecule has 4 nitrogen and oxygen atoms in total. The average molecular weight is 374 g/mol. The fourth-order valence-electron chi connectivity index (χ4n) is 4.66. The molecule has 0 radical (unpaired) electrons. The second-order valence-electron chi connectivity index (χ2n) is 8.31. The van der Waals surface area contributed by atoms with Gasteiger partial charge in [0.05, 0.1) is 5.69 Å². The number of aromatic amines is 1. The molecule has 0 saturated carbocycles. The van der Waals surface area contributed by atoms with Crippen molar-refractivity contribution in [1.82, 2.24) is 15.3 Å². The quantitative estimate of drug-likeness (QED) is 0.472. The molecule has 0 spiro atoms. The number of oxazole rings is 1. The molecule has 2 aromatic heterocycles. The zero-order valence-corrected chi connectivity index (χ0v) is 16.8. The number of fused-ring (bicyclic) bond motifs is 2. The van der Waals surface area contributed by atoms with Crippen molar-refractivity contribution in [2.24, 2.45) is 0 Å². The van der Waals surface area contributed by atoms with Crippen molar-refractivity contribution < 1.29 is 4.42 Å². The lowest BCUT2D eigenvalue weighted by molar-refractivity contribution is 0.460. The summed E-state index contributed by atoms with van der Waals surface area (Å²) in [6.07, 6.45) is 2.45. The smallest absolute Gasteiger partial charge is 0.192 e. The van der Waals surface area contributed by atoms with E-state index in [1.165, 1.54) is 40.6 Å². The SMILES string of the molecule is Cc1nc2ccc(-c3[nH]c4ccc(C5CCNCC5)cc4c3C(C)C)cc2o1. The monoisotopic (exact) mass is 373 g/mol. The lowest BCUT2D eigenvalue weighted by Gasteiger charge is -2.23. The number of hydrogen-bond donors (Lipinski definition) is 2. The van der Waals surface area contributed by atoms with Gasteiger partial charge in [0.1, 0.15) is 5.52 Å². The average Bonchev–Trinajstić information content (AvgIpc) is 3.26. The third-order valence-electron chi connectivity index (χ3n) is 6.03. The molecular formula is C24H27N3O. The van der Waals surface area contributed by atoms with Crippen LogP contribution in [0.15, 0.2) is 40.8 Å². The van der Waals surface area contributed by atoms with E-state index in [-0.39, 0.29) is 0 Å². The largest absolute Gasteiger partial charge is 0.441 e. The van der Waals surface area contributed by atoms with Crippen molar-refractivity contribution in [3.63, 3.8) is 0 Å². The summed E-state index contributed by atoms with van der Waals surface area (Å²) in [5.74, 6) is 1.80. The van der Waals surface area contributed by atoms with E-state index in [1.54, 1.807) is 0 Å². The van der Waals surface area contributed by atoms with Crippen LogP contribution in [0.3, 0.4) is 0 Å². The number of aromatic nitrogens is 2. The number of rotatable bonds is 3. The van der Waals surface area contributed by atoms with Crippen molar-refractivity contribution in [2.75, 3.05) is 13.1 Å². The highest BCUT2D eigenvalue weighted by Gasteiger charge is 2.20. The lowest BCUT2D eigenvalue weighted by atomic mass is 9.88. The van der Waals surface area contributed by atoms with Crippen LogP contribution >= 0.6 is 0 Å². The van der Waals surface area contributed by atoms with Gasteiger partial charge < -0.3 is 14.7 Å². The van der Waals surface area contributed by atoms with Gasteiger partial charge in [-0.05, 0) is 73.2 Å². The van der Waals surface area contributed by atoms with Gasteiger partial charge in [0.25, 0.3) is 0 Å². The molecule has 2 aromatic carbocycles. The molecule has 0 unspecified atom stereocenters. The highest BCUT2D eigenvalue weighted by Crippen LogP contribution is 2.38. The van der Waals surface area contributed by atoms with Crippen LogP contribution in [0.4, 0.5) is 0 Å². The molecule has 144 valence electrons. The van der Waals surface area contributed by atoms with Gasteiger partial charge >= 0.3 is 0 Å². The molecule has 1 fully saturated rings. The minimum atomic E-state index is 0.430. The zero-order valence-electron chi connectivity index (χ0n) is 16.8. The van der Waals surface area contributed by atoms with Gasteiger partial charge in [-0.2, -0.15) is 0 Å². The van der Waals surface area contributed by atoms with E-state index in [9.17, 15) is 0 Å². The Labute approximate surface area is 165 Å². The Hall–Kier alpha value is -2.59. The Morgan fingerprint density at radius 1 is 1.07 bits per heavy atom. The maximum absolute atomic E-state index is 5.77. The topological polar surface area (TPSA) is 53.9 Å². The van der Waals surface area contributed by atoms with Gasteiger partial charge in [-0.25, -0.2) is 4.98 Å². The summed E-state index contributed by atoms with van der Waals surface area (Å²) in [5, 5.41) is 4.83. The Morgan fingerprint density at radius 2 is 1.89 bits per heavy atom. The Bertz CT molecular complexity index is 1150. The van der Waals surface area contributed by atoms with Gasteiger partial charge in [-0.15, -0.1) is 0 Å². The van der Waals surface area contributed by atoms with E-state index in [4.69, 9.17) is 4.42 Å². The molecule has 3 heterocycles. The molecule has 0 bridgehead atoms. The highest BCUT2D eigenvalue weighted by atomic mass is 16.3. The Morgan fingerprint density at radius 3 is 2.68 bits per heavy atom. The van der Waals surface area contributed by atoms with E-state index in [2.05, 4.69) is 65.5 Å². The molecule has 1 saturated heterocycles. The van der Waals surface area contributed by atoms with Gasteiger partial charge in [0.15, 0.2) is 11.5 Å². The van der Waals surface area contributed by atoms with Crippen molar-refractivity contribution in [3.05, 3.63) is 53.4 Å². The molecule has 2 N–H and O–H groups in total. The van der Waals surface area contributed by atoms with Crippen LogP contribution < -0.4 is 5.32 Å². The Kier molecular flexibility index (Phi) is 4.24. The standard InChI is InChI=1S/C24H27N3O/c1-14(2)23-19-12-17(16-8-10-25-11-9-16)4-6-20(19)27-24(23)18-5-7-21-22(13-18)28-15(3)26-21/h4-7,12-14,16,25,27H,8-11H2,1-3H3.